The standard InChI is InChI=1S/C19H23N5O3S/c1-13(17-22-21-16-7-5-6-12-24(16)17)20-18(25)14-8-10-15(11-9-14)28(26,27)23-19(2,3)4/h5-13,23H,1-4H3,(H,20,25). The van der Waals surface area contributed by atoms with Crippen LogP contribution >= 0.6 is 0 Å². The third-order valence-electron chi connectivity index (χ3n) is 3.94. The summed E-state index contributed by atoms with van der Waals surface area (Å²) in [6, 6.07) is 11.0. The number of nitrogens with one attached hydrogen (secondary N) is 2. The first-order chi connectivity index (χ1) is 13.1. The number of hydrogen-bond acceptors (Lipinski definition) is 5. The molecule has 0 aliphatic heterocycles. The van der Waals surface area contributed by atoms with Crippen LogP contribution in [0.15, 0.2) is 53.6 Å². The summed E-state index contributed by atoms with van der Waals surface area (Å²) >= 11 is 0. The van der Waals surface area contributed by atoms with Crippen molar-refractivity contribution in [2.75, 3.05) is 0 Å². The van der Waals surface area contributed by atoms with E-state index in [0.717, 1.165) is 0 Å². The van der Waals surface area contributed by atoms with Gasteiger partial charge in [0.2, 0.25) is 10.0 Å². The predicted octanol–water partition coefficient (Wildman–Crippen LogP) is 2.30. The van der Waals surface area contributed by atoms with E-state index in [9.17, 15) is 13.2 Å². The molecule has 1 unspecified atom stereocenters. The monoisotopic (exact) mass is 401 g/mol. The highest BCUT2D eigenvalue weighted by molar-refractivity contribution is 7.89. The van der Waals surface area contributed by atoms with Crippen molar-refractivity contribution in [2.24, 2.45) is 0 Å². The Balaban J connectivity index is 1.74. The molecule has 148 valence electrons. The number of aromatic nitrogens is 3. The van der Waals surface area contributed by atoms with E-state index >= 15 is 0 Å². The van der Waals surface area contributed by atoms with Crippen molar-refractivity contribution in [2.45, 2.75) is 44.2 Å². The van der Waals surface area contributed by atoms with Crippen molar-refractivity contribution in [1.82, 2.24) is 24.6 Å². The number of rotatable bonds is 5. The zero-order valence-corrected chi connectivity index (χ0v) is 17.0. The van der Waals surface area contributed by atoms with Gasteiger partial charge in [0.25, 0.3) is 5.91 Å². The van der Waals surface area contributed by atoms with E-state index in [2.05, 4.69) is 20.2 Å². The summed E-state index contributed by atoms with van der Waals surface area (Å²) in [6.07, 6.45) is 1.83. The van der Waals surface area contributed by atoms with Crippen LogP contribution in [-0.2, 0) is 10.0 Å². The highest BCUT2D eigenvalue weighted by Crippen LogP contribution is 2.16. The maximum Gasteiger partial charge on any atom is 0.251 e. The van der Waals surface area contributed by atoms with Gasteiger partial charge in [-0.15, -0.1) is 10.2 Å². The van der Waals surface area contributed by atoms with Crippen LogP contribution in [0.5, 0.6) is 0 Å². The Labute approximate surface area is 164 Å². The lowest BCUT2D eigenvalue weighted by atomic mass is 10.1. The summed E-state index contributed by atoms with van der Waals surface area (Å²) in [5.74, 6) is 0.283. The highest BCUT2D eigenvalue weighted by Gasteiger charge is 2.22. The van der Waals surface area contributed by atoms with E-state index < -0.39 is 15.6 Å². The zero-order chi connectivity index (χ0) is 20.5. The van der Waals surface area contributed by atoms with Crippen molar-refractivity contribution in [1.29, 1.82) is 0 Å². The molecule has 1 atom stereocenters. The van der Waals surface area contributed by atoms with Crippen LogP contribution in [0.4, 0.5) is 0 Å². The second-order valence-electron chi connectivity index (χ2n) is 7.56. The summed E-state index contributed by atoms with van der Waals surface area (Å²) in [5.41, 5.74) is 0.459. The molecule has 0 spiro atoms. The van der Waals surface area contributed by atoms with E-state index in [1.165, 1.54) is 24.3 Å². The second kappa shape index (κ2) is 7.33. The van der Waals surface area contributed by atoms with Gasteiger partial charge in [0.1, 0.15) is 0 Å². The van der Waals surface area contributed by atoms with Crippen molar-refractivity contribution < 1.29 is 13.2 Å². The van der Waals surface area contributed by atoms with Gasteiger partial charge in [-0.25, -0.2) is 13.1 Å². The summed E-state index contributed by atoms with van der Waals surface area (Å²) in [5, 5.41) is 11.1. The molecule has 28 heavy (non-hydrogen) atoms. The molecule has 1 amide bonds. The van der Waals surface area contributed by atoms with Gasteiger partial charge < -0.3 is 5.32 Å². The average molecular weight is 401 g/mol. The van der Waals surface area contributed by atoms with Crippen LogP contribution in [0.2, 0.25) is 0 Å². The first-order valence-corrected chi connectivity index (χ1v) is 10.3. The number of pyridine rings is 1. The molecule has 0 saturated carbocycles. The molecule has 8 nitrogen and oxygen atoms in total. The number of nitrogens with zero attached hydrogens (tertiary/aromatic N) is 3. The predicted molar refractivity (Wildman–Crippen MR) is 105 cm³/mol. The molecule has 2 aromatic heterocycles. The van der Waals surface area contributed by atoms with Gasteiger partial charge in [-0.2, -0.15) is 0 Å². The maximum atomic E-state index is 12.5. The van der Waals surface area contributed by atoms with E-state index in [4.69, 9.17) is 0 Å². The number of amides is 1. The molecular formula is C19H23N5O3S. The fourth-order valence-corrected chi connectivity index (χ4v) is 4.17. The van der Waals surface area contributed by atoms with Gasteiger partial charge in [-0.1, -0.05) is 6.07 Å². The minimum Gasteiger partial charge on any atom is -0.342 e. The largest absolute Gasteiger partial charge is 0.342 e. The lowest BCUT2D eigenvalue weighted by molar-refractivity contribution is 0.0938. The Morgan fingerprint density at radius 1 is 1.07 bits per heavy atom. The first kappa shape index (κ1) is 20.0. The molecule has 9 heteroatoms. The van der Waals surface area contributed by atoms with Gasteiger partial charge in [0.05, 0.1) is 10.9 Å². The fourth-order valence-electron chi connectivity index (χ4n) is 2.75. The van der Waals surface area contributed by atoms with Gasteiger partial charge in [0, 0.05) is 17.3 Å². The molecule has 3 rings (SSSR count). The van der Waals surface area contributed by atoms with Crippen LogP contribution in [-0.4, -0.2) is 34.5 Å². The average Bonchev–Trinajstić information content (AvgIpc) is 3.04. The van der Waals surface area contributed by atoms with Gasteiger partial charge >= 0.3 is 0 Å². The molecule has 0 saturated heterocycles. The number of sulfonamides is 1. The van der Waals surface area contributed by atoms with Crippen LogP contribution < -0.4 is 10.0 Å². The molecule has 0 radical (unpaired) electrons. The minimum atomic E-state index is -3.65. The quantitative estimate of drug-likeness (QED) is 0.682. The minimum absolute atomic E-state index is 0.107. The molecular weight excluding hydrogens is 378 g/mol. The van der Waals surface area contributed by atoms with Crippen LogP contribution in [0.25, 0.3) is 5.65 Å². The summed E-state index contributed by atoms with van der Waals surface area (Å²) < 4.78 is 29.1. The molecule has 0 bridgehead atoms. The van der Waals surface area contributed by atoms with E-state index in [1.807, 2.05) is 31.3 Å². The normalized spacial score (nSPS) is 13.4. The third-order valence-corrected chi connectivity index (χ3v) is 5.72. The zero-order valence-electron chi connectivity index (χ0n) is 16.2. The molecule has 2 N–H and O–H groups in total. The van der Waals surface area contributed by atoms with Gasteiger partial charge in [0.15, 0.2) is 11.5 Å². The second-order valence-corrected chi connectivity index (χ2v) is 9.24. The summed E-state index contributed by atoms with van der Waals surface area (Å²) in [7, 11) is -3.65. The smallest absolute Gasteiger partial charge is 0.251 e. The van der Waals surface area contributed by atoms with E-state index in [-0.39, 0.29) is 16.8 Å². The molecule has 1 aromatic carbocycles. The van der Waals surface area contributed by atoms with Crippen molar-refractivity contribution in [3.05, 3.63) is 60.0 Å². The fraction of sp³-hybridized carbons (Fsp3) is 0.316. The number of fused-ring (bicyclic) bond motifs is 1. The van der Waals surface area contributed by atoms with Crippen molar-refractivity contribution in [3.63, 3.8) is 0 Å². The summed E-state index contributed by atoms with van der Waals surface area (Å²) in [6.45, 7) is 7.11. The van der Waals surface area contributed by atoms with Crippen LogP contribution in [0.3, 0.4) is 0 Å². The maximum absolute atomic E-state index is 12.5. The number of hydrogen-bond donors (Lipinski definition) is 2. The first-order valence-electron chi connectivity index (χ1n) is 8.81. The Kier molecular flexibility index (Phi) is 5.22. The highest BCUT2D eigenvalue weighted by atomic mass is 32.2. The van der Waals surface area contributed by atoms with Gasteiger partial charge in [-0.3, -0.25) is 9.20 Å². The summed E-state index contributed by atoms with van der Waals surface area (Å²) in [4.78, 5) is 12.6. The third kappa shape index (κ3) is 4.37. The molecule has 0 fully saturated rings. The number of carbonyl (C=O) groups is 1. The Morgan fingerprint density at radius 2 is 1.75 bits per heavy atom. The molecule has 0 aliphatic carbocycles. The number of carbonyl (C=O) groups excluding carboxylic acids is 1. The van der Waals surface area contributed by atoms with Crippen LogP contribution in [0, 0.1) is 0 Å². The molecule has 0 aliphatic rings. The SMILES string of the molecule is CC(NC(=O)c1ccc(S(=O)(=O)NC(C)(C)C)cc1)c1nnc2ccccn12. The lowest BCUT2D eigenvalue weighted by Crippen LogP contribution is -2.40. The van der Waals surface area contributed by atoms with Crippen LogP contribution in [0.1, 0.15) is 49.9 Å². The number of benzene rings is 1. The Hall–Kier alpha value is -2.78. The Morgan fingerprint density at radius 3 is 2.39 bits per heavy atom. The lowest BCUT2D eigenvalue weighted by Gasteiger charge is -2.20. The Bertz CT molecular complexity index is 1100. The van der Waals surface area contributed by atoms with Crippen molar-refractivity contribution >= 4 is 21.6 Å². The van der Waals surface area contributed by atoms with Gasteiger partial charge in [-0.05, 0) is 64.1 Å². The van der Waals surface area contributed by atoms with E-state index in [1.54, 1.807) is 25.2 Å². The molecule has 3 aromatic rings. The molecule has 2 heterocycles. The van der Waals surface area contributed by atoms with Crippen molar-refractivity contribution in [3.8, 4) is 0 Å². The topological polar surface area (TPSA) is 105 Å². The van der Waals surface area contributed by atoms with E-state index in [0.29, 0.717) is 17.0 Å².